The Kier molecular flexibility index (Phi) is 7.59. The first-order valence-corrected chi connectivity index (χ1v) is 12.8. The van der Waals surface area contributed by atoms with Gasteiger partial charge in [0.1, 0.15) is 24.7 Å². The van der Waals surface area contributed by atoms with Crippen LogP contribution in [0.4, 0.5) is 40.8 Å². The number of aliphatic hydroxyl groups excluding tert-OH is 1. The van der Waals surface area contributed by atoms with Crippen molar-refractivity contribution in [2.24, 2.45) is 0 Å². The number of aliphatic hydroxyl groups is 2. The lowest BCUT2D eigenvalue weighted by Crippen LogP contribution is -2.41. The maximum atomic E-state index is 14.3. The van der Waals surface area contributed by atoms with Crippen LogP contribution in [0.15, 0.2) is 47.3 Å². The lowest BCUT2D eigenvalue weighted by atomic mass is 9.91. The van der Waals surface area contributed by atoms with Crippen LogP contribution >= 0.6 is 11.6 Å². The zero-order valence-corrected chi connectivity index (χ0v) is 22.7. The van der Waals surface area contributed by atoms with Gasteiger partial charge in [0.25, 0.3) is 5.91 Å². The predicted octanol–water partition coefficient (Wildman–Crippen LogP) is 4.88. The van der Waals surface area contributed by atoms with Gasteiger partial charge in [-0.3, -0.25) is 13.9 Å². The molecule has 0 spiro atoms. The quantitative estimate of drug-likeness (QED) is 0.172. The van der Waals surface area contributed by atoms with Crippen molar-refractivity contribution in [1.82, 2.24) is 14.5 Å². The van der Waals surface area contributed by atoms with Gasteiger partial charge in [-0.05, 0) is 42.5 Å². The molecule has 0 bridgehead atoms. The molecular weight excluding hydrogens is 646 g/mol. The van der Waals surface area contributed by atoms with Gasteiger partial charge in [0, 0.05) is 27.4 Å². The first kappa shape index (κ1) is 31.8. The molecule has 2 atom stereocenters. The molecule has 0 saturated heterocycles. The Hall–Kier alpha value is -4.66. The van der Waals surface area contributed by atoms with Crippen LogP contribution in [0.25, 0.3) is 11.0 Å². The van der Waals surface area contributed by atoms with E-state index < -0.39 is 105 Å². The minimum Gasteiger partial charge on any atom is -0.369 e. The Labute approximate surface area is 250 Å². The average Bonchev–Trinajstić information content (AvgIpc) is 3.34. The van der Waals surface area contributed by atoms with Gasteiger partial charge in [0.15, 0.2) is 12.0 Å². The summed E-state index contributed by atoms with van der Waals surface area (Å²) in [6, 6.07) is 5.92. The number of aromatic nitrogens is 2. The second-order valence-corrected chi connectivity index (χ2v) is 10.3. The van der Waals surface area contributed by atoms with E-state index in [0.29, 0.717) is 22.8 Å². The summed E-state index contributed by atoms with van der Waals surface area (Å²) in [5.74, 6) is -3.65. The lowest BCUT2D eigenvalue weighted by Gasteiger charge is -2.28. The molecule has 9 nitrogen and oxygen atoms in total. The molecule has 1 aromatic heterocycles. The third kappa shape index (κ3) is 5.56. The number of carbonyl (C=O) groups excluding carboxylic acids is 1. The van der Waals surface area contributed by atoms with E-state index in [4.69, 9.17) is 11.6 Å². The molecule has 1 amide bonds. The average molecular weight is 662 g/mol. The van der Waals surface area contributed by atoms with E-state index in [9.17, 15) is 60.2 Å². The number of nitrogens with zero attached hydrogens (tertiary/aromatic N) is 3. The minimum absolute atomic E-state index is 0.140. The number of fused-ring (bicyclic) bond motifs is 3. The summed E-state index contributed by atoms with van der Waals surface area (Å²) in [5, 5.41) is 36.0. The number of hydrogen-bond donors (Lipinski definition) is 4. The van der Waals surface area contributed by atoms with E-state index in [1.54, 1.807) is 6.07 Å². The summed E-state index contributed by atoms with van der Waals surface area (Å²) in [7, 11) is 0. The molecule has 18 heteroatoms. The summed E-state index contributed by atoms with van der Waals surface area (Å²) in [6.45, 7) is -2.81. The third-order valence-corrected chi connectivity index (χ3v) is 7.26. The highest BCUT2D eigenvalue weighted by Crippen LogP contribution is 2.46. The molecule has 2 heterocycles. The van der Waals surface area contributed by atoms with Crippen molar-refractivity contribution < 1.29 is 50.1 Å². The number of nitriles is 1. The highest BCUT2D eigenvalue weighted by atomic mass is 35.5. The molecule has 2 unspecified atom stereocenters. The summed E-state index contributed by atoms with van der Waals surface area (Å²) >= 11 is 6.19. The minimum atomic E-state index is -5.06. The molecule has 4 N–H and O–H groups in total. The molecule has 1 aliphatic heterocycles. The molecule has 45 heavy (non-hydrogen) atoms. The Morgan fingerprint density at radius 3 is 2.33 bits per heavy atom. The lowest BCUT2D eigenvalue weighted by molar-refractivity contribution is -0.140. The van der Waals surface area contributed by atoms with Gasteiger partial charge < -0.3 is 20.8 Å². The van der Waals surface area contributed by atoms with Crippen LogP contribution in [0.2, 0.25) is 5.02 Å². The topological polar surface area (TPSA) is 132 Å². The van der Waals surface area contributed by atoms with Gasteiger partial charge in [-0.25, -0.2) is 13.6 Å². The largest absolute Gasteiger partial charge is 0.416 e. The fraction of sp³-hybridized carbons (Fsp3) is 0.222. The molecule has 0 fully saturated rings. The fourth-order valence-electron chi connectivity index (χ4n) is 5.17. The molecule has 0 saturated carbocycles. The highest BCUT2D eigenvalue weighted by molar-refractivity contribution is 6.31. The van der Waals surface area contributed by atoms with Gasteiger partial charge in [0.2, 0.25) is 0 Å². The number of hydrogen-bond acceptors (Lipinski definition) is 6. The van der Waals surface area contributed by atoms with Crippen molar-refractivity contribution >= 4 is 34.2 Å². The zero-order valence-electron chi connectivity index (χ0n) is 22.0. The fourth-order valence-corrected chi connectivity index (χ4v) is 5.43. The van der Waals surface area contributed by atoms with Crippen molar-refractivity contribution in [2.75, 3.05) is 5.32 Å². The molecule has 1 aliphatic rings. The summed E-state index contributed by atoms with van der Waals surface area (Å²) < 4.78 is 110. The monoisotopic (exact) mass is 661 g/mol. The van der Waals surface area contributed by atoms with E-state index in [1.165, 1.54) is 0 Å². The molecule has 0 aliphatic carbocycles. The van der Waals surface area contributed by atoms with Gasteiger partial charge >= 0.3 is 18.0 Å². The van der Waals surface area contributed by atoms with Crippen molar-refractivity contribution in [3.63, 3.8) is 0 Å². The molecule has 236 valence electrons. The normalized spacial score (nSPS) is 17.2. The van der Waals surface area contributed by atoms with Crippen molar-refractivity contribution in [3.8, 4) is 6.07 Å². The number of carbonyl (C=O) groups is 1. The number of amides is 1. The Balaban J connectivity index is 1.85. The first-order valence-electron chi connectivity index (χ1n) is 12.4. The summed E-state index contributed by atoms with van der Waals surface area (Å²) in [4.78, 5) is 26.5. The SMILES string of the molecule is N#CCn1c(=O)n(CC(F)(F)F)c2cc(NC(O)c3cc(F)cc(C(F)(F)F)c3)c3c(c21)C(=O)NC3(O)c1cc(F)ccc1Cl. The molecule has 4 aromatic rings. The standard InChI is InChI=1S/C27H16ClF8N5O4/c28-16-2-1-13(29)8-15(16)26(45)20-17(38-22(42)11-5-12(27(34,35)36)7-14(30)6-11)9-18-21(19(20)23(43)39-26)40(4-3-37)24(44)41(18)10-25(31,32)33/h1-2,5-9,22,38,42,45H,4,10H2,(H,39,43). The van der Waals surface area contributed by atoms with E-state index in [0.717, 1.165) is 18.2 Å². The number of imidazole rings is 1. The summed E-state index contributed by atoms with van der Waals surface area (Å²) in [5.41, 5.74) is -10.3. The van der Waals surface area contributed by atoms with Crippen molar-refractivity contribution in [2.45, 2.75) is 37.4 Å². The molecule has 5 rings (SSSR count). The van der Waals surface area contributed by atoms with Gasteiger partial charge in [0.05, 0.1) is 28.2 Å². The van der Waals surface area contributed by atoms with Crippen LogP contribution < -0.4 is 16.3 Å². The van der Waals surface area contributed by atoms with Crippen LogP contribution in [0.3, 0.4) is 0 Å². The Morgan fingerprint density at radius 1 is 1.02 bits per heavy atom. The maximum absolute atomic E-state index is 14.3. The Bertz CT molecular complexity index is 1980. The number of nitrogens with one attached hydrogen (secondary N) is 2. The highest BCUT2D eigenvalue weighted by Gasteiger charge is 2.49. The second kappa shape index (κ2) is 10.8. The second-order valence-electron chi connectivity index (χ2n) is 9.88. The summed E-state index contributed by atoms with van der Waals surface area (Å²) in [6.07, 6.45) is -12.4. The zero-order chi connectivity index (χ0) is 33.2. The van der Waals surface area contributed by atoms with Crippen molar-refractivity contribution in [1.29, 1.82) is 5.26 Å². The van der Waals surface area contributed by atoms with Crippen LogP contribution in [-0.4, -0.2) is 31.4 Å². The molecule has 0 radical (unpaired) electrons. The smallest absolute Gasteiger partial charge is 0.369 e. The molecular formula is C27H16ClF8N5O4. The van der Waals surface area contributed by atoms with Gasteiger partial charge in [-0.1, -0.05) is 11.6 Å². The number of anilines is 1. The van der Waals surface area contributed by atoms with Gasteiger partial charge in [-0.15, -0.1) is 0 Å². The van der Waals surface area contributed by atoms with Crippen LogP contribution in [0.5, 0.6) is 0 Å². The maximum Gasteiger partial charge on any atom is 0.416 e. The van der Waals surface area contributed by atoms with Crippen LogP contribution in [-0.2, 0) is 25.0 Å². The van der Waals surface area contributed by atoms with Crippen LogP contribution in [0, 0.1) is 23.0 Å². The number of rotatable bonds is 6. The van der Waals surface area contributed by atoms with E-state index >= 15 is 0 Å². The van der Waals surface area contributed by atoms with E-state index in [-0.39, 0.29) is 15.7 Å². The van der Waals surface area contributed by atoms with Gasteiger partial charge in [-0.2, -0.15) is 31.6 Å². The predicted molar refractivity (Wildman–Crippen MR) is 140 cm³/mol. The van der Waals surface area contributed by atoms with E-state index in [1.807, 2.05) is 0 Å². The molecule has 3 aromatic carbocycles. The van der Waals surface area contributed by atoms with Crippen molar-refractivity contribution in [3.05, 3.63) is 97.4 Å². The number of halogens is 9. The van der Waals surface area contributed by atoms with E-state index in [2.05, 4.69) is 10.6 Å². The third-order valence-electron chi connectivity index (χ3n) is 6.93. The first-order chi connectivity index (χ1) is 20.9. The number of alkyl halides is 6. The Morgan fingerprint density at radius 2 is 1.71 bits per heavy atom. The number of benzene rings is 3. The van der Waals surface area contributed by atoms with Crippen LogP contribution in [0.1, 0.15) is 38.8 Å².